The van der Waals surface area contributed by atoms with Crippen LogP contribution in [0.5, 0.6) is 11.5 Å². The molecule has 0 radical (unpaired) electrons. The molecule has 1 amide bonds. The lowest BCUT2D eigenvalue weighted by Gasteiger charge is -2.13. The fraction of sp³-hybridized carbons (Fsp3) is 0.278. The number of nitrogen functional groups attached to an aromatic ring is 1. The van der Waals surface area contributed by atoms with E-state index in [1.165, 1.54) is 18.2 Å². The first-order valence-electron chi connectivity index (χ1n) is 7.86. The first-order valence-corrected chi connectivity index (χ1v) is 7.86. The van der Waals surface area contributed by atoms with Gasteiger partial charge in [0.05, 0.1) is 0 Å². The van der Waals surface area contributed by atoms with Gasteiger partial charge in [-0.2, -0.15) is 13.2 Å². The maximum Gasteiger partial charge on any atom is 0.422 e. The Bertz CT molecular complexity index is 718. The van der Waals surface area contributed by atoms with Gasteiger partial charge >= 0.3 is 6.18 Å². The van der Waals surface area contributed by atoms with Crippen molar-refractivity contribution in [2.24, 2.45) is 0 Å². The van der Waals surface area contributed by atoms with Crippen molar-refractivity contribution in [1.29, 1.82) is 0 Å². The predicted molar refractivity (Wildman–Crippen MR) is 91.1 cm³/mol. The Labute approximate surface area is 148 Å². The molecule has 0 saturated carbocycles. The van der Waals surface area contributed by atoms with Gasteiger partial charge in [-0.15, -0.1) is 0 Å². The second-order valence-corrected chi connectivity index (χ2v) is 5.48. The number of carbonyl (C=O) groups is 1. The van der Waals surface area contributed by atoms with Crippen molar-refractivity contribution in [3.8, 4) is 11.5 Å². The minimum atomic E-state index is -4.45. The number of ether oxygens (including phenoxy) is 2. The molecule has 5 nitrogen and oxygen atoms in total. The van der Waals surface area contributed by atoms with Crippen LogP contribution in [0.1, 0.15) is 5.56 Å². The van der Waals surface area contributed by atoms with Crippen molar-refractivity contribution in [3.05, 3.63) is 54.1 Å². The average Bonchev–Trinajstić information content (AvgIpc) is 2.60. The van der Waals surface area contributed by atoms with E-state index in [2.05, 4.69) is 5.32 Å². The van der Waals surface area contributed by atoms with E-state index in [-0.39, 0.29) is 24.0 Å². The van der Waals surface area contributed by atoms with E-state index >= 15 is 0 Å². The molecular formula is C18H19F3N2O3. The highest BCUT2D eigenvalue weighted by Crippen LogP contribution is 2.28. The van der Waals surface area contributed by atoms with Gasteiger partial charge in [0, 0.05) is 12.2 Å². The van der Waals surface area contributed by atoms with Gasteiger partial charge < -0.3 is 20.5 Å². The standard InChI is InChI=1S/C18H19F3N2O3/c19-18(20,21)12-26-16-4-2-1-3-15(16)25-11-17(24)23-10-9-13-5-7-14(22)8-6-13/h1-8H,9-12,22H2,(H,23,24). The number of para-hydroxylation sites is 2. The van der Waals surface area contributed by atoms with Crippen LogP contribution in [0.15, 0.2) is 48.5 Å². The molecule has 2 aromatic carbocycles. The Balaban J connectivity index is 1.77. The van der Waals surface area contributed by atoms with Gasteiger partial charge in [-0.3, -0.25) is 4.79 Å². The number of alkyl halides is 3. The van der Waals surface area contributed by atoms with Crippen molar-refractivity contribution in [2.45, 2.75) is 12.6 Å². The lowest BCUT2D eigenvalue weighted by atomic mass is 10.1. The highest BCUT2D eigenvalue weighted by atomic mass is 19.4. The van der Waals surface area contributed by atoms with E-state index in [1.807, 2.05) is 12.1 Å². The first-order chi connectivity index (χ1) is 12.3. The summed E-state index contributed by atoms with van der Waals surface area (Å²) in [5, 5.41) is 2.68. The van der Waals surface area contributed by atoms with Gasteiger partial charge in [-0.1, -0.05) is 24.3 Å². The summed E-state index contributed by atoms with van der Waals surface area (Å²) in [5.74, 6) is -0.379. The predicted octanol–water partition coefficient (Wildman–Crippen LogP) is 2.95. The Kier molecular flexibility index (Phi) is 6.71. The van der Waals surface area contributed by atoms with Crippen molar-refractivity contribution in [1.82, 2.24) is 5.32 Å². The molecule has 0 aromatic heterocycles. The number of benzene rings is 2. The first kappa shape index (κ1) is 19.4. The van der Waals surface area contributed by atoms with Crippen LogP contribution in [0.25, 0.3) is 0 Å². The van der Waals surface area contributed by atoms with Crippen LogP contribution in [-0.2, 0) is 11.2 Å². The summed E-state index contributed by atoms with van der Waals surface area (Å²) >= 11 is 0. The van der Waals surface area contributed by atoms with Crippen molar-refractivity contribution >= 4 is 11.6 Å². The zero-order valence-corrected chi connectivity index (χ0v) is 13.9. The number of amides is 1. The third-order valence-electron chi connectivity index (χ3n) is 3.31. The highest BCUT2D eigenvalue weighted by molar-refractivity contribution is 5.77. The minimum absolute atomic E-state index is 0.0699. The third-order valence-corrected chi connectivity index (χ3v) is 3.31. The molecule has 0 saturated heterocycles. The van der Waals surface area contributed by atoms with Crippen LogP contribution in [0.3, 0.4) is 0 Å². The molecule has 2 rings (SSSR count). The normalized spacial score (nSPS) is 11.0. The van der Waals surface area contributed by atoms with E-state index in [1.54, 1.807) is 18.2 Å². The van der Waals surface area contributed by atoms with Crippen LogP contribution in [0.4, 0.5) is 18.9 Å². The summed E-state index contributed by atoms with van der Waals surface area (Å²) < 4.78 is 46.7. The molecule has 0 spiro atoms. The van der Waals surface area contributed by atoms with Gasteiger partial charge in [0.15, 0.2) is 24.7 Å². The molecule has 140 valence electrons. The Morgan fingerprint density at radius 1 is 1.00 bits per heavy atom. The molecular weight excluding hydrogens is 349 g/mol. The summed E-state index contributed by atoms with van der Waals surface area (Å²) in [6, 6.07) is 13.2. The molecule has 0 aliphatic heterocycles. The Morgan fingerprint density at radius 3 is 2.23 bits per heavy atom. The molecule has 0 unspecified atom stereocenters. The number of rotatable bonds is 8. The van der Waals surface area contributed by atoms with Crippen LogP contribution in [-0.4, -0.2) is 31.8 Å². The summed E-state index contributed by atoms with van der Waals surface area (Å²) in [7, 11) is 0. The fourth-order valence-corrected chi connectivity index (χ4v) is 2.07. The number of nitrogens with one attached hydrogen (secondary N) is 1. The number of anilines is 1. The van der Waals surface area contributed by atoms with E-state index in [0.717, 1.165) is 5.56 Å². The lowest BCUT2D eigenvalue weighted by Crippen LogP contribution is -2.30. The smallest absolute Gasteiger partial charge is 0.422 e. The van der Waals surface area contributed by atoms with E-state index in [9.17, 15) is 18.0 Å². The summed E-state index contributed by atoms with van der Waals surface area (Å²) in [4.78, 5) is 11.8. The quantitative estimate of drug-likeness (QED) is 0.703. The van der Waals surface area contributed by atoms with Gasteiger partial charge in [0.2, 0.25) is 0 Å². The van der Waals surface area contributed by atoms with E-state index in [4.69, 9.17) is 15.2 Å². The van der Waals surface area contributed by atoms with Crippen LogP contribution in [0.2, 0.25) is 0 Å². The number of hydrogen-bond acceptors (Lipinski definition) is 4. The number of hydrogen-bond donors (Lipinski definition) is 2. The molecule has 0 fully saturated rings. The monoisotopic (exact) mass is 368 g/mol. The molecule has 26 heavy (non-hydrogen) atoms. The molecule has 2 aromatic rings. The second kappa shape index (κ2) is 8.98. The third kappa shape index (κ3) is 6.92. The molecule has 0 aliphatic rings. The SMILES string of the molecule is Nc1ccc(CCNC(=O)COc2ccccc2OCC(F)(F)F)cc1. The number of carbonyl (C=O) groups excluding carboxylic acids is 1. The molecule has 8 heteroatoms. The van der Waals surface area contributed by atoms with Crippen LogP contribution < -0.4 is 20.5 Å². The number of nitrogens with two attached hydrogens (primary N) is 1. The van der Waals surface area contributed by atoms with Gasteiger partial charge in [0.25, 0.3) is 5.91 Å². The molecule has 0 bridgehead atoms. The molecule has 0 atom stereocenters. The maximum absolute atomic E-state index is 12.3. The van der Waals surface area contributed by atoms with Gasteiger partial charge in [-0.05, 0) is 36.2 Å². The summed E-state index contributed by atoms with van der Waals surface area (Å²) in [6.45, 7) is -1.35. The highest BCUT2D eigenvalue weighted by Gasteiger charge is 2.29. The van der Waals surface area contributed by atoms with Gasteiger partial charge in [0.1, 0.15) is 0 Å². The van der Waals surface area contributed by atoms with Gasteiger partial charge in [-0.25, -0.2) is 0 Å². The van der Waals surface area contributed by atoms with Crippen molar-refractivity contribution < 1.29 is 27.4 Å². The largest absolute Gasteiger partial charge is 0.480 e. The Hall–Kier alpha value is -2.90. The molecule has 3 N–H and O–H groups in total. The fourth-order valence-electron chi connectivity index (χ4n) is 2.07. The maximum atomic E-state index is 12.3. The summed E-state index contributed by atoms with van der Waals surface area (Å²) in [5.41, 5.74) is 7.28. The molecule has 0 aliphatic carbocycles. The minimum Gasteiger partial charge on any atom is -0.480 e. The number of halogens is 3. The zero-order valence-electron chi connectivity index (χ0n) is 13.9. The van der Waals surface area contributed by atoms with Crippen molar-refractivity contribution in [3.63, 3.8) is 0 Å². The van der Waals surface area contributed by atoms with Crippen LogP contribution in [0, 0.1) is 0 Å². The second-order valence-electron chi connectivity index (χ2n) is 5.48. The lowest BCUT2D eigenvalue weighted by molar-refractivity contribution is -0.153. The topological polar surface area (TPSA) is 73.6 Å². The van der Waals surface area contributed by atoms with E-state index < -0.39 is 12.8 Å². The molecule has 0 heterocycles. The zero-order chi connectivity index (χ0) is 19.0. The summed E-state index contributed by atoms with van der Waals surface area (Å²) in [6.07, 6.45) is -3.83. The average molecular weight is 368 g/mol. The Morgan fingerprint density at radius 2 is 1.62 bits per heavy atom. The van der Waals surface area contributed by atoms with E-state index in [0.29, 0.717) is 18.7 Å². The van der Waals surface area contributed by atoms with Crippen molar-refractivity contribution in [2.75, 3.05) is 25.5 Å². The van der Waals surface area contributed by atoms with Crippen LogP contribution >= 0.6 is 0 Å².